The first-order valence-electron chi connectivity index (χ1n) is 12.7. The summed E-state index contributed by atoms with van der Waals surface area (Å²) in [5.41, 5.74) is 4.13. The van der Waals surface area contributed by atoms with Gasteiger partial charge in [-0.3, -0.25) is 9.69 Å². The number of nitrogens with zero attached hydrogens (tertiary/aromatic N) is 5. The summed E-state index contributed by atoms with van der Waals surface area (Å²) in [6.07, 6.45) is 7.95. The van der Waals surface area contributed by atoms with Crippen molar-refractivity contribution in [2.45, 2.75) is 44.9 Å². The fourth-order valence-corrected chi connectivity index (χ4v) is 5.45. The molecule has 0 aliphatic carbocycles. The highest BCUT2D eigenvalue weighted by Crippen LogP contribution is 2.30. The summed E-state index contributed by atoms with van der Waals surface area (Å²) < 4.78 is 1.83. The van der Waals surface area contributed by atoms with Gasteiger partial charge in [0, 0.05) is 57.1 Å². The second kappa shape index (κ2) is 10.8. The number of nitrogens with one attached hydrogen (secondary N) is 2. The lowest BCUT2D eigenvalue weighted by atomic mass is 10.0. The standard InChI is InChI=1S/C27H35N7O2/c1-19-13-32(14-20(2)30-19)11-6-9-25(36)33-12-10-23-22(15-33)16-34-26(23)27(28-18-29-34)31-24(17-35)21-7-4-3-5-8-21/h3-9,16,18-20,24,30,35H,10-15,17H2,1-2H3,(H,28,29,31). The molecule has 36 heavy (non-hydrogen) atoms. The van der Waals surface area contributed by atoms with Crippen LogP contribution in [0.2, 0.25) is 0 Å². The summed E-state index contributed by atoms with van der Waals surface area (Å²) in [5, 5.41) is 21.4. The first kappa shape index (κ1) is 24.4. The lowest BCUT2D eigenvalue weighted by Gasteiger charge is -2.35. The lowest BCUT2D eigenvalue weighted by molar-refractivity contribution is -0.126. The van der Waals surface area contributed by atoms with Crippen molar-refractivity contribution in [3.05, 3.63) is 71.7 Å². The van der Waals surface area contributed by atoms with Crippen LogP contribution < -0.4 is 10.6 Å². The van der Waals surface area contributed by atoms with E-state index in [0.717, 1.165) is 48.3 Å². The maximum atomic E-state index is 12.9. The van der Waals surface area contributed by atoms with Gasteiger partial charge in [-0.2, -0.15) is 5.10 Å². The summed E-state index contributed by atoms with van der Waals surface area (Å²) >= 11 is 0. The molecule has 9 heteroatoms. The van der Waals surface area contributed by atoms with Gasteiger partial charge in [0.25, 0.3) is 0 Å². The third-order valence-electron chi connectivity index (χ3n) is 7.03. The zero-order chi connectivity index (χ0) is 25.1. The zero-order valence-electron chi connectivity index (χ0n) is 21.0. The zero-order valence-corrected chi connectivity index (χ0v) is 21.0. The van der Waals surface area contributed by atoms with Crippen LogP contribution >= 0.6 is 0 Å². The van der Waals surface area contributed by atoms with E-state index in [4.69, 9.17) is 0 Å². The van der Waals surface area contributed by atoms with Crippen molar-refractivity contribution in [2.75, 3.05) is 38.1 Å². The average molecular weight is 490 g/mol. The number of aliphatic hydroxyl groups is 1. The van der Waals surface area contributed by atoms with Crippen LogP contribution in [0.4, 0.5) is 5.82 Å². The van der Waals surface area contributed by atoms with Crippen molar-refractivity contribution in [3.63, 3.8) is 0 Å². The van der Waals surface area contributed by atoms with Crippen LogP contribution in [0.3, 0.4) is 0 Å². The number of benzene rings is 1. The molecular formula is C27H35N7O2. The summed E-state index contributed by atoms with van der Waals surface area (Å²) in [7, 11) is 0. The molecule has 3 N–H and O–H groups in total. The van der Waals surface area contributed by atoms with Gasteiger partial charge in [-0.1, -0.05) is 36.4 Å². The van der Waals surface area contributed by atoms with Gasteiger partial charge in [0.15, 0.2) is 5.82 Å². The van der Waals surface area contributed by atoms with Gasteiger partial charge in [0.1, 0.15) is 11.8 Å². The number of carbonyl (C=O) groups excluding carboxylic acids is 1. The third-order valence-corrected chi connectivity index (χ3v) is 7.03. The average Bonchev–Trinajstić information content (AvgIpc) is 3.25. The number of piperazine rings is 1. The Morgan fingerprint density at radius 2 is 2.03 bits per heavy atom. The smallest absolute Gasteiger partial charge is 0.246 e. The number of rotatable bonds is 7. The molecule has 1 amide bonds. The molecule has 0 saturated carbocycles. The van der Waals surface area contributed by atoms with E-state index >= 15 is 0 Å². The molecule has 5 rings (SSSR count). The number of fused-ring (bicyclic) bond motifs is 3. The van der Waals surface area contributed by atoms with E-state index < -0.39 is 0 Å². The van der Waals surface area contributed by atoms with E-state index in [2.05, 4.69) is 39.5 Å². The number of aliphatic hydroxyl groups excluding tert-OH is 1. The first-order chi connectivity index (χ1) is 17.5. The Morgan fingerprint density at radius 1 is 1.25 bits per heavy atom. The van der Waals surface area contributed by atoms with Gasteiger partial charge in [-0.15, -0.1) is 0 Å². The van der Waals surface area contributed by atoms with Crippen molar-refractivity contribution >= 4 is 17.2 Å². The van der Waals surface area contributed by atoms with E-state index in [0.29, 0.717) is 31.0 Å². The summed E-state index contributed by atoms with van der Waals surface area (Å²) in [5.74, 6) is 0.731. The monoisotopic (exact) mass is 489 g/mol. The molecule has 2 aromatic heterocycles. The van der Waals surface area contributed by atoms with Gasteiger partial charge >= 0.3 is 0 Å². The molecule has 3 unspecified atom stereocenters. The van der Waals surface area contributed by atoms with E-state index in [-0.39, 0.29) is 18.6 Å². The normalized spacial score (nSPS) is 21.6. The van der Waals surface area contributed by atoms with E-state index in [1.54, 1.807) is 6.08 Å². The molecule has 1 saturated heterocycles. The maximum absolute atomic E-state index is 12.9. The predicted molar refractivity (Wildman–Crippen MR) is 140 cm³/mol. The number of aromatic nitrogens is 3. The molecule has 0 radical (unpaired) electrons. The summed E-state index contributed by atoms with van der Waals surface area (Å²) in [4.78, 5) is 21.7. The quantitative estimate of drug-likeness (QED) is 0.437. The number of amides is 1. The van der Waals surface area contributed by atoms with Crippen molar-refractivity contribution in [2.24, 2.45) is 0 Å². The van der Waals surface area contributed by atoms with Crippen molar-refractivity contribution in [1.29, 1.82) is 0 Å². The molecule has 3 atom stereocenters. The highest BCUT2D eigenvalue weighted by Gasteiger charge is 2.26. The van der Waals surface area contributed by atoms with Crippen LogP contribution in [0, 0.1) is 0 Å². The van der Waals surface area contributed by atoms with Crippen LogP contribution in [0.15, 0.2) is 55.0 Å². The topological polar surface area (TPSA) is 98.0 Å². The molecule has 190 valence electrons. The molecule has 2 aliphatic rings. The Balaban J connectivity index is 1.28. The van der Waals surface area contributed by atoms with Crippen LogP contribution in [0.1, 0.15) is 36.6 Å². The van der Waals surface area contributed by atoms with Gasteiger partial charge in [0.05, 0.1) is 12.6 Å². The molecule has 0 bridgehead atoms. The molecule has 1 fully saturated rings. The second-order valence-corrected chi connectivity index (χ2v) is 9.92. The number of hydrogen-bond acceptors (Lipinski definition) is 7. The van der Waals surface area contributed by atoms with Crippen LogP contribution in [0.5, 0.6) is 0 Å². The first-order valence-corrected chi connectivity index (χ1v) is 12.7. The Bertz CT molecular complexity index is 1220. The van der Waals surface area contributed by atoms with Gasteiger partial charge in [-0.05, 0) is 37.0 Å². The molecule has 1 aromatic carbocycles. The third kappa shape index (κ3) is 5.28. The number of carbonyl (C=O) groups is 1. The SMILES string of the molecule is CC1CN(CC=CC(=O)N2CCc3c(cn4ncnc(NC(CO)c5ccccc5)c34)C2)CC(C)N1. The van der Waals surface area contributed by atoms with Gasteiger partial charge < -0.3 is 20.6 Å². The minimum Gasteiger partial charge on any atom is -0.394 e. The number of hydrogen-bond donors (Lipinski definition) is 3. The van der Waals surface area contributed by atoms with E-state index in [1.807, 2.05) is 52.0 Å². The second-order valence-electron chi connectivity index (χ2n) is 9.92. The van der Waals surface area contributed by atoms with Crippen LogP contribution in [-0.4, -0.2) is 80.3 Å². The van der Waals surface area contributed by atoms with Crippen molar-refractivity contribution < 1.29 is 9.90 Å². The molecule has 3 aromatic rings. The summed E-state index contributed by atoms with van der Waals surface area (Å²) in [6, 6.07) is 10.5. The van der Waals surface area contributed by atoms with E-state index in [1.165, 1.54) is 6.33 Å². The van der Waals surface area contributed by atoms with Gasteiger partial charge in [-0.25, -0.2) is 9.50 Å². The molecule has 2 aliphatic heterocycles. The fraction of sp³-hybridized carbons (Fsp3) is 0.444. The Morgan fingerprint density at radius 3 is 2.78 bits per heavy atom. The maximum Gasteiger partial charge on any atom is 0.246 e. The van der Waals surface area contributed by atoms with Gasteiger partial charge in [0.2, 0.25) is 5.91 Å². The summed E-state index contributed by atoms with van der Waals surface area (Å²) in [6.45, 7) is 8.30. The van der Waals surface area contributed by atoms with E-state index in [9.17, 15) is 9.90 Å². The Kier molecular flexibility index (Phi) is 7.31. The Hall–Kier alpha value is -3.27. The lowest BCUT2D eigenvalue weighted by Crippen LogP contribution is -2.54. The Labute approximate surface area is 211 Å². The minimum absolute atomic E-state index is 0.0426. The van der Waals surface area contributed by atoms with Crippen LogP contribution in [-0.2, 0) is 17.8 Å². The predicted octanol–water partition coefficient (Wildman–Crippen LogP) is 2.00. The minimum atomic E-state index is -0.274. The number of anilines is 1. The van der Waals surface area contributed by atoms with Crippen molar-refractivity contribution in [1.82, 2.24) is 29.7 Å². The molecule has 0 spiro atoms. The molecule has 9 nitrogen and oxygen atoms in total. The van der Waals surface area contributed by atoms with Crippen molar-refractivity contribution in [3.8, 4) is 0 Å². The molecule has 4 heterocycles. The van der Waals surface area contributed by atoms with Crippen LogP contribution in [0.25, 0.3) is 5.52 Å². The fourth-order valence-electron chi connectivity index (χ4n) is 5.45. The highest BCUT2D eigenvalue weighted by atomic mass is 16.3. The molecular weight excluding hydrogens is 454 g/mol. The largest absolute Gasteiger partial charge is 0.394 e. The highest BCUT2D eigenvalue weighted by molar-refractivity contribution is 5.88.